The Balaban J connectivity index is 1.38. The van der Waals surface area contributed by atoms with Crippen LogP contribution in [0.4, 0.5) is 17.3 Å². The number of amides is 1. The van der Waals surface area contributed by atoms with Crippen molar-refractivity contribution in [3.8, 4) is 5.75 Å². The van der Waals surface area contributed by atoms with Crippen LogP contribution in [0.2, 0.25) is 0 Å². The highest BCUT2D eigenvalue weighted by Crippen LogP contribution is 2.35. The maximum Gasteiger partial charge on any atom is 0.265 e. The van der Waals surface area contributed by atoms with E-state index in [0.717, 1.165) is 35.0 Å². The molecule has 0 bridgehead atoms. The van der Waals surface area contributed by atoms with Gasteiger partial charge in [-0.05, 0) is 30.9 Å². The highest BCUT2D eigenvalue weighted by molar-refractivity contribution is 5.98. The molecule has 1 saturated carbocycles. The predicted octanol–water partition coefficient (Wildman–Crippen LogP) is 2.35. The zero-order valence-corrected chi connectivity index (χ0v) is 16.2. The normalized spacial score (nSPS) is 16.0. The van der Waals surface area contributed by atoms with Gasteiger partial charge in [0, 0.05) is 32.0 Å². The monoisotopic (exact) mass is 394 g/mol. The van der Waals surface area contributed by atoms with Gasteiger partial charge in [-0.1, -0.05) is 0 Å². The van der Waals surface area contributed by atoms with Crippen molar-refractivity contribution in [3.63, 3.8) is 0 Å². The lowest BCUT2D eigenvalue weighted by Crippen LogP contribution is -2.40. The summed E-state index contributed by atoms with van der Waals surface area (Å²) in [5.41, 5.74) is 3.15. The average molecular weight is 394 g/mol. The van der Waals surface area contributed by atoms with E-state index in [1.807, 2.05) is 24.5 Å². The Labute approximate surface area is 167 Å². The van der Waals surface area contributed by atoms with Gasteiger partial charge in [0.25, 0.3) is 5.91 Å². The second-order valence-electron chi connectivity index (χ2n) is 7.38. The molecule has 0 radical (unpaired) electrons. The summed E-state index contributed by atoms with van der Waals surface area (Å²) in [6, 6.07) is 5.60. The molecule has 0 spiro atoms. The molecule has 1 aliphatic heterocycles. The van der Waals surface area contributed by atoms with E-state index in [0.29, 0.717) is 24.8 Å². The number of imidazole rings is 1. The van der Waals surface area contributed by atoms with E-state index in [9.17, 15) is 4.79 Å². The Kier molecular flexibility index (Phi) is 4.51. The number of ether oxygens (including phenoxy) is 2. The number of fused-ring (bicyclic) bond motifs is 2. The van der Waals surface area contributed by atoms with Crippen molar-refractivity contribution in [3.05, 3.63) is 30.7 Å². The number of carbonyl (C=O) groups excluding carboxylic acids is 1. The third-order valence-electron chi connectivity index (χ3n) is 5.19. The summed E-state index contributed by atoms with van der Waals surface area (Å²) in [4.78, 5) is 27.2. The Hall–Kier alpha value is -3.20. The Morgan fingerprint density at radius 1 is 1.31 bits per heavy atom. The SMILES string of the molecule is COCCN1C(=O)COc2cc(Nc3ncc4ncn(CC5CC5)c4n3)ccc21. The first kappa shape index (κ1) is 17.9. The first-order chi connectivity index (χ1) is 14.2. The largest absolute Gasteiger partial charge is 0.481 e. The van der Waals surface area contributed by atoms with E-state index in [2.05, 4.69) is 24.8 Å². The molecule has 1 fully saturated rings. The molecule has 9 nitrogen and oxygen atoms in total. The lowest BCUT2D eigenvalue weighted by Gasteiger charge is -2.29. The number of hydrogen-bond acceptors (Lipinski definition) is 7. The van der Waals surface area contributed by atoms with Crippen LogP contribution in [0.5, 0.6) is 5.75 Å². The maximum atomic E-state index is 12.2. The first-order valence-electron chi connectivity index (χ1n) is 9.72. The quantitative estimate of drug-likeness (QED) is 0.657. The van der Waals surface area contributed by atoms with Gasteiger partial charge in [0.2, 0.25) is 5.95 Å². The number of carbonyl (C=O) groups is 1. The van der Waals surface area contributed by atoms with Gasteiger partial charge in [0.15, 0.2) is 12.3 Å². The number of nitrogens with one attached hydrogen (secondary N) is 1. The van der Waals surface area contributed by atoms with Crippen LogP contribution in [-0.4, -0.2) is 52.3 Å². The van der Waals surface area contributed by atoms with E-state index in [1.54, 1.807) is 18.2 Å². The molecule has 0 unspecified atom stereocenters. The number of benzene rings is 1. The number of methoxy groups -OCH3 is 1. The lowest BCUT2D eigenvalue weighted by molar-refractivity contribution is -0.121. The van der Waals surface area contributed by atoms with Gasteiger partial charge in [0.1, 0.15) is 11.3 Å². The molecule has 2 aliphatic rings. The molecule has 5 rings (SSSR count). The van der Waals surface area contributed by atoms with Crippen LogP contribution in [0.15, 0.2) is 30.7 Å². The van der Waals surface area contributed by atoms with Crippen LogP contribution in [0.3, 0.4) is 0 Å². The molecule has 29 heavy (non-hydrogen) atoms. The number of anilines is 3. The predicted molar refractivity (Wildman–Crippen MR) is 107 cm³/mol. The van der Waals surface area contributed by atoms with Crippen molar-refractivity contribution >= 4 is 34.4 Å². The van der Waals surface area contributed by atoms with Gasteiger partial charge in [-0.25, -0.2) is 9.97 Å². The zero-order chi connectivity index (χ0) is 19.8. The summed E-state index contributed by atoms with van der Waals surface area (Å²) in [6.07, 6.45) is 6.11. The van der Waals surface area contributed by atoms with Gasteiger partial charge in [-0.3, -0.25) is 4.79 Å². The van der Waals surface area contributed by atoms with E-state index in [1.165, 1.54) is 12.8 Å². The third kappa shape index (κ3) is 3.61. The molecule has 1 aromatic carbocycles. The summed E-state index contributed by atoms with van der Waals surface area (Å²) in [7, 11) is 1.62. The van der Waals surface area contributed by atoms with Crippen LogP contribution in [0.25, 0.3) is 11.2 Å². The Morgan fingerprint density at radius 3 is 3.03 bits per heavy atom. The smallest absolute Gasteiger partial charge is 0.265 e. The molecule has 1 aliphatic carbocycles. The first-order valence-corrected chi connectivity index (χ1v) is 9.72. The van der Waals surface area contributed by atoms with Gasteiger partial charge >= 0.3 is 0 Å². The highest BCUT2D eigenvalue weighted by Gasteiger charge is 2.26. The molecule has 1 N–H and O–H groups in total. The van der Waals surface area contributed by atoms with E-state index < -0.39 is 0 Å². The molecule has 0 atom stereocenters. The summed E-state index contributed by atoms with van der Waals surface area (Å²) in [6.45, 7) is 1.92. The topological polar surface area (TPSA) is 94.4 Å². The van der Waals surface area contributed by atoms with Crippen LogP contribution in [-0.2, 0) is 16.1 Å². The van der Waals surface area contributed by atoms with Gasteiger partial charge in [-0.15, -0.1) is 0 Å². The van der Waals surface area contributed by atoms with Crippen LogP contribution in [0.1, 0.15) is 12.8 Å². The standard InChI is InChI=1S/C20H22N6O3/c1-28-7-6-26-16-5-4-14(8-17(16)29-11-18(26)27)23-20-21-9-15-19(24-20)25(12-22-15)10-13-2-3-13/h4-5,8-9,12-13H,2-3,6-7,10-11H2,1H3,(H,21,23,24). The number of hydrogen-bond donors (Lipinski definition) is 1. The second kappa shape index (κ2) is 7.32. The fourth-order valence-corrected chi connectivity index (χ4v) is 3.47. The third-order valence-corrected chi connectivity index (χ3v) is 5.19. The van der Waals surface area contributed by atoms with E-state index in [4.69, 9.17) is 9.47 Å². The molecule has 1 amide bonds. The van der Waals surface area contributed by atoms with Crippen molar-refractivity contribution in [2.45, 2.75) is 19.4 Å². The highest BCUT2D eigenvalue weighted by atomic mass is 16.5. The van der Waals surface area contributed by atoms with E-state index in [-0.39, 0.29) is 12.5 Å². The molecule has 0 saturated heterocycles. The molecule has 9 heteroatoms. The molecule has 150 valence electrons. The van der Waals surface area contributed by atoms with Crippen molar-refractivity contribution in [2.75, 3.05) is 37.1 Å². The minimum atomic E-state index is -0.0760. The summed E-state index contributed by atoms with van der Waals surface area (Å²) < 4.78 is 12.8. The molecule has 3 aromatic rings. The molecular formula is C20H22N6O3. The minimum absolute atomic E-state index is 0.0168. The van der Waals surface area contributed by atoms with Crippen LogP contribution >= 0.6 is 0 Å². The lowest BCUT2D eigenvalue weighted by atomic mass is 10.2. The number of rotatable bonds is 7. The molecular weight excluding hydrogens is 372 g/mol. The summed E-state index contributed by atoms with van der Waals surface area (Å²) >= 11 is 0. The van der Waals surface area contributed by atoms with Crippen molar-refractivity contribution in [1.82, 2.24) is 19.5 Å². The molecule has 2 aromatic heterocycles. The summed E-state index contributed by atoms with van der Waals surface area (Å²) in [5.74, 6) is 1.80. The van der Waals surface area contributed by atoms with Crippen molar-refractivity contribution < 1.29 is 14.3 Å². The molecule has 3 heterocycles. The fraction of sp³-hybridized carbons (Fsp3) is 0.400. The van der Waals surface area contributed by atoms with Gasteiger partial charge in [-0.2, -0.15) is 4.98 Å². The summed E-state index contributed by atoms with van der Waals surface area (Å²) in [5, 5.41) is 3.23. The van der Waals surface area contributed by atoms with Gasteiger partial charge < -0.3 is 24.3 Å². The van der Waals surface area contributed by atoms with Crippen molar-refractivity contribution in [2.24, 2.45) is 5.92 Å². The Bertz CT molecular complexity index is 1060. The number of nitrogens with zero attached hydrogens (tertiary/aromatic N) is 5. The Morgan fingerprint density at radius 2 is 2.21 bits per heavy atom. The minimum Gasteiger partial charge on any atom is -0.481 e. The van der Waals surface area contributed by atoms with E-state index >= 15 is 0 Å². The number of aromatic nitrogens is 4. The van der Waals surface area contributed by atoms with Crippen LogP contribution in [0, 0.1) is 5.92 Å². The van der Waals surface area contributed by atoms with Crippen molar-refractivity contribution in [1.29, 1.82) is 0 Å². The van der Waals surface area contributed by atoms with Crippen LogP contribution < -0.4 is 15.0 Å². The second-order valence-corrected chi connectivity index (χ2v) is 7.38. The average Bonchev–Trinajstić information content (AvgIpc) is 3.47. The maximum absolute atomic E-state index is 12.2. The zero-order valence-electron chi connectivity index (χ0n) is 16.2. The fourth-order valence-electron chi connectivity index (χ4n) is 3.47. The van der Waals surface area contributed by atoms with Gasteiger partial charge in [0.05, 0.1) is 24.8 Å².